The molecule has 0 radical (unpaired) electrons. The number of anilines is 1. The van der Waals surface area contributed by atoms with E-state index in [2.05, 4.69) is 15.3 Å². The average Bonchev–Trinajstić information content (AvgIpc) is 2.99. The van der Waals surface area contributed by atoms with Crippen LogP contribution in [0.4, 0.5) is 5.69 Å². The van der Waals surface area contributed by atoms with E-state index in [-0.39, 0.29) is 30.9 Å². The van der Waals surface area contributed by atoms with E-state index in [4.69, 9.17) is 28.0 Å². The molecule has 9 heteroatoms. The van der Waals surface area contributed by atoms with Gasteiger partial charge in [0.25, 0.3) is 0 Å². The summed E-state index contributed by atoms with van der Waals surface area (Å²) in [6.45, 7) is 3.27. The Bertz CT molecular complexity index is 694. The van der Waals surface area contributed by atoms with Gasteiger partial charge in [0.15, 0.2) is 0 Å². The highest BCUT2D eigenvalue weighted by atomic mass is 35.5. The molecule has 0 fully saturated rings. The minimum absolute atomic E-state index is 0. The van der Waals surface area contributed by atoms with Crippen LogP contribution in [-0.4, -0.2) is 29.1 Å². The monoisotopic (exact) mass is 422 g/mol. The van der Waals surface area contributed by atoms with Gasteiger partial charge in [-0.2, -0.15) is 0 Å². The number of aromatic nitrogens is 1. The van der Waals surface area contributed by atoms with Gasteiger partial charge in [-0.1, -0.05) is 35.3 Å². The molecule has 0 spiro atoms. The summed E-state index contributed by atoms with van der Waals surface area (Å²) < 4.78 is 0. The Morgan fingerprint density at radius 3 is 2.52 bits per heavy atom. The number of nitrogens with one attached hydrogen (secondary N) is 1. The molecule has 1 aliphatic rings. The Balaban J connectivity index is 0.00000156. The first-order valence-corrected chi connectivity index (χ1v) is 8.00. The highest BCUT2D eigenvalue weighted by molar-refractivity contribution is 6.39. The van der Waals surface area contributed by atoms with E-state index in [9.17, 15) is 0 Å². The minimum atomic E-state index is -0.143. The zero-order valence-electron chi connectivity index (χ0n) is 13.4. The summed E-state index contributed by atoms with van der Waals surface area (Å²) in [7, 11) is 0. The summed E-state index contributed by atoms with van der Waals surface area (Å²) in [5.74, 6) is 0.593. The highest BCUT2D eigenvalue weighted by Crippen LogP contribution is 2.30. The van der Waals surface area contributed by atoms with Crippen molar-refractivity contribution in [3.8, 4) is 0 Å². The third kappa shape index (κ3) is 5.36. The van der Waals surface area contributed by atoms with Crippen molar-refractivity contribution in [2.75, 3.05) is 18.4 Å². The molecule has 25 heavy (non-hydrogen) atoms. The number of hydrogen-bond acceptors (Lipinski definition) is 5. The quantitative estimate of drug-likeness (QED) is 0.750. The van der Waals surface area contributed by atoms with E-state index in [1.54, 1.807) is 35.7 Å². The molecule has 0 amide bonds. The summed E-state index contributed by atoms with van der Waals surface area (Å²) >= 11 is 12.4. The minimum Gasteiger partial charge on any atom is -0.322 e. The standard InChI is InChI=1S/C16H16Cl2N4O.2ClH/c1-11(12-4-3-7-19-10-12)23-22-9-8-20-16(22)21-15-13(17)5-2-6-14(15)18;;/h2-7,10-11H,8-9H2,1H3,(H,20,21);2*1H. The molecule has 1 atom stereocenters. The van der Waals surface area contributed by atoms with E-state index < -0.39 is 0 Å². The number of para-hydroxylation sites is 1. The number of halogens is 4. The van der Waals surface area contributed by atoms with Crippen molar-refractivity contribution in [1.29, 1.82) is 0 Å². The molecule has 0 bridgehead atoms. The molecule has 2 aromatic rings. The largest absolute Gasteiger partial charge is 0.322 e. The fourth-order valence-corrected chi connectivity index (χ4v) is 2.73. The fraction of sp³-hybridized carbons (Fsp3) is 0.250. The molecular formula is C16H18Cl4N4O. The summed E-state index contributed by atoms with van der Waals surface area (Å²) in [6.07, 6.45) is 3.38. The van der Waals surface area contributed by atoms with Crippen LogP contribution >= 0.6 is 48.0 Å². The van der Waals surface area contributed by atoms with Crippen molar-refractivity contribution in [2.45, 2.75) is 13.0 Å². The van der Waals surface area contributed by atoms with E-state index >= 15 is 0 Å². The topological polar surface area (TPSA) is 49.8 Å². The summed E-state index contributed by atoms with van der Waals surface area (Å²) in [6, 6.07) is 9.20. The van der Waals surface area contributed by atoms with Crippen LogP contribution in [0.3, 0.4) is 0 Å². The van der Waals surface area contributed by atoms with Gasteiger partial charge in [0.05, 0.1) is 28.8 Å². The number of pyridine rings is 1. The number of nitrogens with zero attached hydrogens (tertiary/aromatic N) is 3. The SMILES string of the molecule is CC(ON1CCN=C1Nc1c(Cl)cccc1Cl)c1cccnc1.Cl.Cl. The second-order valence-electron chi connectivity index (χ2n) is 5.06. The number of benzene rings is 1. The van der Waals surface area contributed by atoms with Crippen molar-refractivity contribution < 1.29 is 4.84 Å². The lowest BCUT2D eigenvalue weighted by Gasteiger charge is -2.24. The number of aliphatic imine (C=N–C) groups is 1. The average molecular weight is 424 g/mol. The van der Waals surface area contributed by atoms with E-state index in [1.165, 1.54) is 0 Å². The Labute approximate surface area is 169 Å². The number of hydroxylamine groups is 2. The summed E-state index contributed by atoms with van der Waals surface area (Å²) in [4.78, 5) is 14.5. The van der Waals surface area contributed by atoms with E-state index in [0.717, 1.165) is 5.56 Å². The van der Waals surface area contributed by atoms with Crippen molar-refractivity contribution in [1.82, 2.24) is 10.0 Å². The maximum atomic E-state index is 6.19. The van der Waals surface area contributed by atoms with Gasteiger partial charge in [0.2, 0.25) is 5.96 Å². The Morgan fingerprint density at radius 2 is 1.88 bits per heavy atom. The van der Waals surface area contributed by atoms with Crippen LogP contribution in [0.2, 0.25) is 10.0 Å². The fourth-order valence-electron chi connectivity index (χ4n) is 2.23. The van der Waals surface area contributed by atoms with E-state index in [0.29, 0.717) is 34.8 Å². The maximum absolute atomic E-state index is 6.19. The van der Waals surface area contributed by atoms with E-state index in [1.807, 2.05) is 19.1 Å². The van der Waals surface area contributed by atoms with Gasteiger partial charge in [-0.05, 0) is 25.1 Å². The first kappa shape index (κ1) is 21.8. The third-order valence-electron chi connectivity index (χ3n) is 3.44. The van der Waals surface area contributed by atoms with Crippen LogP contribution in [0.1, 0.15) is 18.6 Å². The van der Waals surface area contributed by atoms with Crippen molar-refractivity contribution in [3.63, 3.8) is 0 Å². The molecule has 1 N–H and O–H groups in total. The Hall–Kier alpha value is -1.24. The molecular weight excluding hydrogens is 406 g/mol. The molecule has 0 aliphatic carbocycles. The summed E-state index contributed by atoms with van der Waals surface area (Å²) in [5, 5.41) is 5.94. The lowest BCUT2D eigenvalue weighted by Crippen LogP contribution is -2.34. The molecule has 136 valence electrons. The number of hydrogen-bond donors (Lipinski definition) is 1. The normalized spacial score (nSPS) is 14.2. The van der Waals surface area contributed by atoms with Crippen LogP contribution in [0.25, 0.3) is 0 Å². The van der Waals surface area contributed by atoms with Crippen LogP contribution in [0.5, 0.6) is 0 Å². The molecule has 0 saturated heterocycles. The second kappa shape index (κ2) is 10.0. The Morgan fingerprint density at radius 1 is 1.16 bits per heavy atom. The summed E-state index contributed by atoms with van der Waals surface area (Å²) in [5.41, 5.74) is 1.62. The number of guanidine groups is 1. The van der Waals surface area contributed by atoms with Gasteiger partial charge >= 0.3 is 0 Å². The molecule has 0 saturated carbocycles. The van der Waals surface area contributed by atoms with Gasteiger partial charge in [-0.15, -0.1) is 24.8 Å². The lowest BCUT2D eigenvalue weighted by molar-refractivity contribution is -0.135. The second-order valence-corrected chi connectivity index (χ2v) is 5.88. The van der Waals surface area contributed by atoms with Gasteiger partial charge in [-0.3, -0.25) is 9.82 Å². The zero-order chi connectivity index (χ0) is 16.2. The molecule has 1 unspecified atom stereocenters. The van der Waals surface area contributed by atoms with Crippen LogP contribution in [0.15, 0.2) is 47.7 Å². The van der Waals surface area contributed by atoms with Crippen LogP contribution in [-0.2, 0) is 4.84 Å². The van der Waals surface area contributed by atoms with Crippen molar-refractivity contribution in [3.05, 3.63) is 58.3 Å². The van der Waals surface area contributed by atoms with Gasteiger partial charge < -0.3 is 5.32 Å². The predicted octanol–water partition coefficient (Wildman–Crippen LogP) is 5.01. The van der Waals surface area contributed by atoms with Gasteiger partial charge in [-0.25, -0.2) is 10.1 Å². The van der Waals surface area contributed by atoms with Crippen LogP contribution in [0, 0.1) is 0 Å². The first-order chi connectivity index (χ1) is 11.1. The highest BCUT2D eigenvalue weighted by Gasteiger charge is 2.22. The molecule has 1 aromatic carbocycles. The van der Waals surface area contributed by atoms with Crippen LogP contribution < -0.4 is 5.32 Å². The lowest BCUT2D eigenvalue weighted by atomic mass is 10.2. The predicted molar refractivity (Wildman–Crippen MR) is 107 cm³/mol. The van der Waals surface area contributed by atoms with Crippen molar-refractivity contribution in [2.24, 2.45) is 4.99 Å². The molecule has 3 rings (SSSR count). The van der Waals surface area contributed by atoms with Gasteiger partial charge in [0.1, 0.15) is 6.10 Å². The molecule has 5 nitrogen and oxygen atoms in total. The van der Waals surface area contributed by atoms with Gasteiger partial charge in [0, 0.05) is 18.0 Å². The van der Waals surface area contributed by atoms with Crippen molar-refractivity contribution >= 4 is 59.7 Å². The molecule has 1 aromatic heterocycles. The Kier molecular flexibility index (Phi) is 8.76. The molecule has 2 heterocycles. The third-order valence-corrected chi connectivity index (χ3v) is 4.07. The smallest absolute Gasteiger partial charge is 0.223 e. The molecule has 1 aliphatic heterocycles. The number of rotatable bonds is 4. The maximum Gasteiger partial charge on any atom is 0.223 e. The zero-order valence-corrected chi connectivity index (χ0v) is 16.5. The first-order valence-electron chi connectivity index (χ1n) is 7.25.